The van der Waals surface area contributed by atoms with Gasteiger partial charge in [-0.3, -0.25) is 0 Å². The summed E-state index contributed by atoms with van der Waals surface area (Å²) >= 11 is 5.21. The van der Waals surface area contributed by atoms with Crippen LogP contribution in [0.15, 0.2) is 0 Å². The fraction of sp³-hybridized carbons (Fsp3) is 0.500. The molecule has 1 heterocycles. The monoisotopic (exact) mass is 134 g/mol. The zero-order chi connectivity index (χ0) is 6.15. The van der Waals surface area contributed by atoms with Gasteiger partial charge in [-0.1, -0.05) is 0 Å². The fourth-order valence-corrected chi connectivity index (χ4v) is 0.728. The molecule has 0 aromatic carbocycles. The first kappa shape index (κ1) is 5.56. The van der Waals surface area contributed by atoms with Crippen LogP contribution in [0.1, 0.15) is 12.8 Å². The lowest BCUT2D eigenvalue weighted by Gasteiger charge is -1.73. The Kier molecular flexibility index (Phi) is 1.21. The van der Waals surface area contributed by atoms with E-state index in [1.807, 2.05) is 0 Å². The van der Waals surface area contributed by atoms with E-state index >= 15 is 0 Å². The summed E-state index contributed by atoms with van der Waals surface area (Å²) in [4.78, 5) is 10.4. The number of amides is 1. The van der Waals surface area contributed by atoms with Crippen molar-refractivity contribution in [2.45, 2.75) is 12.8 Å². The Bertz CT molecular complexity index is 163. The normalized spacial score (nSPS) is 20.4. The van der Waals surface area contributed by atoms with E-state index in [9.17, 15) is 4.79 Å². The Labute approximate surface area is 51.3 Å². The van der Waals surface area contributed by atoms with Gasteiger partial charge in [0.15, 0.2) is 0 Å². The van der Waals surface area contributed by atoms with Crippen molar-refractivity contribution in [3.63, 3.8) is 0 Å². The van der Waals surface area contributed by atoms with Crippen molar-refractivity contribution < 1.29 is 14.0 Å². The molecule has 0 aromatic heterocycles. The summed E-state index contributed by atoms with van der Waals surface area (Å²) in [5, 5.41) is 8.66. The number of aliphatic hydroxyl groups is 1. The first-order valence-corrected chi connectivity index (χ1v) is 2.59. The second-order valence-corrected chi connectivity index (χ2v) is 1.93. The maximum absolute atomic E-state index is 10.4. The highest BCUT2D eigenvalue weighted by atomic mass is 35.5. The molecule has 0 unspecified atom stereocenters. The fourth-order valence-electron chi connectivity index (χ4n) is 0.559. The number of nitrogens with zero attached hydrogens (tertiary/aromatic N) is 1. The average molecular weight is 135 g/mol. The van der Waals surface area contributed by atoms with E-state index in [0.717, 1.165) is 4.09 Å². The predicted octanol–water partition coefficient (Wildman–Crippen LogP) is 0.430. The van der Waals surface area contributed by atoms with Gasteiger partial charge in [0.2, 0.25) is 0 Å². The molecule has 0 bridgehead atoms. The minimum Gasteiger partial charge on any atom is -0.462 e. The third-order valence-corrected chi connectivity index (χ3v) is 1.39. The van der Waals surface area contributed by atoms with E-state index in [-0.39, 0.29) is 11.8 Å². The Hall–Kier alpha value is -0.570. The maximum Gasteiger partial charge on any atom is 0.410 e. The second kappa shape index (κ2) is 1.74. The summed E-state index contributed by atoms with van der Waals surface area (Å²) in [6.45, 7) is 0. The van der Waals surface area contributed by atoms with Crippen LogP contribution in [0.4, 0.5) is 0 Å². The molecule has 1 aliphatic rings. The zero-order valence-corrected chi connectivity index (χ0v) is 4.85. The minimum absolute atomic E-state index is 0.0448. The summed E-state index contributed by atoms with van der Waals surface area (Å²) < 4.78 is 0.750. The molecular weight excluding hydrogens is 130 g/mol. The molecule has 1 N–H and O–H groups in total. The molecule has 4 heteroatoms. The minimum atomic E-state index is -0.232. The molecule has 1 aliphatic heterocycles. The van der Waals surface area contributed by atoms with E-state index in [1.165, 1.54) is 0 Å². The van der Waals surface area contributed by atoms with E-state index in [2.05, 4.69) is 0 Å². The molecule has 3 nitrogen and oxygen atoms in total. The quantitative estimate of drug-likeness (QED) is 0.488. The number of carbonyl (C=O) groups is 1. The first-order valence-electron chi connectivity index (χ1n) is 2.25. The summed E-state index contributed by atoms with van der Waals surface area (Å²) in [5.74, 6) is -0.277. The maximum atomic E-state index is 10.4. The lowest BCUT2D eigenvalue weighted by Crippen LogP contribution is -2.07. The van der Waals surface area contributed by atoms with Crippen LogP contribution in [0, 0.1) is 0 Å². The van der Waals surface area contributed by atoms with Gasteiger partial charge in [0.25, 0.3) is 11.8 Å². The van der Waals surface area contributed by atoms with Crippen molar-refractivity contribution in [3.8, 4) is 0 Å². The number of carbonyl (C=O) groups excluding carboxylic acids is 1. The van der Waals surface area contributed by atoms with Crippen molar-refractivity contribution in [3.05, 3.63) is 0 Å². The molecule has 8 heavy (non-hydrogen) atoms. The number of hydrogen-bond acceptors (Lipinski definition) is 1. The first-order chi connectivity index (χ1) is 3.72. The van der Waals surface area contributed by atoms with Crippen molar-refractivity contribution in [1.29, 1.82) is 0 Å². The van der Waals surface area contributed by atoms with E-state index < -0.39 is 0 Å². The van der Waals surface area contributed by atoms with Crippen molar-refractivity contribution in [2.24, 2.45) is 0 Å². The Balaban J connectivity index is 2.86. The lowest BCUT2D eigenvalue weighted by molar-refractivity contribution is -0.312. The summed E-state index contributed by atoms with van der Waals surface area (Å²) in [7, 11) is 0. The molecule has 0 radical (unpaired) electrons. The molecule has 0 aliphatic carbocycles. The molecule has 0 aromatic rings. The SMILES string of the molecule is O=C1CCC(O)=[N+]1Cl. The molecule has 0 fully saturated rings. The predicted molar refractivity (Wildman–Crippen MR) is 28.0 cm³/mol. The van der Waals surface area contributed by atoms with E-state index in [0.29, 0.717) is 12.8 Å². The average Bonchev–Trinajstić information content (AvgIpc) is 1.98. The molecular formula is C4H5ClNO2+. The number of aliphatic hydroxyl groups excluding tert-OH is 1. The van der Waals surface area contributed by atoms with Gasteiger partial charge in [-0.15, -0.1) is 0 Å². The largest absolute Gasteiger partial charge is 0.462 e. The third-order valence-electron chi connectivity index (χ3n) is 1.01. The smallest absolute Gasteiger partial charge is 0.410 e. The Morgan fingerprint density at radius 2 is 2.25 bits per heavy atom. The van der Waals surface area contributed by atoms with Gasteiger partial charge in [0.05, 0.1) is 12.8 Å². The lowest BCUT2D eigenvalue weighted by atomic mass is 10.4. The molecule has 0 saturated heterocycles. The van der Waals surface area contributed by atoms with Crippen LogP contribution in [-0.2, 0) is 4.79 Å². The van der Waals surface area contributed by atoms with Crippen LogP contribution in [0.2, 0.25) is 0 Å². The summed E-state index contributed by atoms with van der Waals surface area (Å²) in [5.41, 5.74) is 0. The van der Waals surface area contributed by atoms with Crippen LogP contribution in [0.5, 0.6) is 0 Å². The van der Waals surface area contributed by atoms with E-state index in [4.69, 9.17) is 16.9 Å². The highest BCUT2D eigenvalue weighted by Crippen LogP contribution is 2.05. The van der Waals surface area contributed by atoms with Gasteiger partial charge in [-0.05, 0) is 4.09 Å². The molecule has 1 rings (SSSR count). The van der Waals surface area contributed by atoms with E-state index in [1.54, 1.807) is 0 Å². The molecule has 0 spiro atoms. The second-order valence-electron chi connectivity index (χ2n) is 1.59. The van der Waals surface area contributed by atoms with Crippen molar-refractivity contribution in [2.75, 3.05) is 0 Å². The summed E-state index contributed by atoms with van der Waals surface area (Å²) in [6, 6.07) is 0. The molecule has 44 valence electrons. The zero-order valence-electron chi connectivity index (χ0n) is 4.09. The highest BCUT2D eigenvalue weighted by Gasteiger charge is 2.30. The number of rotatable bonds is 0. The van der Waals surface area contributed by atoms with Crippen molar-refractivity contribution in [1.82, 2.24) is 0 Å². The van der Waals surface area contributed by atoms with Gasteiger partial charge >= 0.3 is 11.8 Å². The van der Waals surface area contributed by atoms with Gasteiger partial charge in [-0.2, -0.15) is 0 Å². The van der Waals surface area contributed by atoms with Crippen LogP contribution in [-0.4, -0.2) is 21.0 Å². The number of halogens is 1. The molecule has 0 atom stereocenters. The van der Waals surface area contributed by atoms with Crippen molar-refractivity contribution >= 4 is 23.6 Å². The van der Waals surface area contributed by atoms with Gasteiger partial charge in [-0.25, -0.2) is 4.79 Å². The Morgan fingerprint density at radius 3 is 2.38 bits per heavy atom. The summed E-state index contributed by atoms with van der Waals surface area (Å²) in [6.07, 6.45) is 0.706. The van der Waals surface area contributed by atoms with Crippen LogP contribution >= 0.6 is 11.8 Å². The number of hydrogen-bond donors (Lipinski definition) is 1. The van der Waals surface area contributed by atoms with Gasteiger partial charge in [0, 0.05) is 0 Å². The molecule has 0 saturated carbocycles. The standard InChI is InChI=1S/C4H4ClNO2/c5-6-3(7)1-2-4(6)8/h1-2H2/p+1. The van der Waals surface area contributed by atoms with Gasteiger partial charge in [0.1, 0.15) is 0 Å². The van der Waals surface area contributed by atoms with Crippen LogP contribution in [0.3, 0.4) is 0 Å². The van der Waals surface area contributed by atoms with Gasteiger partial charge < -0.3 is 5.11 Å². The topological polar surface area (TPSA) is 40.3 Å². The molecule has 1 amide bonds. The van der Waals surface area contributed by atoms with Crippen LogP contribution in [0.25, 0.3) is 0 Å². The Morgan fingerprint density at radius 1 is 1.62 bits per heavy atom. The van der Waals surface area contributed by atoms with Crippen LogP contribution < -0.4 is 0 Å². The third kappa shape index (κ3) is 0.690. The highest BCUT2D eigenvalue weighted by molar-refractivity contribution is 6.14.